The van der Waals surface area contributed by atoms with Gasteiger partial charge in [0.1, 0.15) is 35.8 Å². The summed E-state index contributed by atoms with van der Waals surface area (Å²) in [5.41, 5.74) is 0.779. The van der Waals surface area contributed by atoms with Gasteiger partial charge in [-0.05, 0) is 36.4 Å². The summed E-state index contributed by atoms with van der Waals surface area (Å²) in [7, 11) is 0. The highest BCUT2D eigenvalue weighted by Gasteiger charge is 1.98. The molecule has 0 aliphatic rings. The zero-order valence-corrected chi connectivity index (χ0v) is 10.5. The number of nitrogens with zero attached hydrogens (tertiary/aromatic N) is 2. The Balaban J connectivity index is 1.92. The van der Waals surface area contributed by atoms with Gasteiger partial charge in [0, 0.05) is 11.9 Å². The molecule has 0 spiro atoms. The number of hydrogen-bond acceptors (Lipinski definition) is 5. The summed E-state index contributed by atoms with van der Waals surface area (Å²) >= 11 is 0. The summed E-state index contributed by atoms with van der Waals surface area (Å²) in [4.78, 5) is 0. The summed E-state index contributed by atoms with van der Waals surface area (Å²) in [5, 5.41) is 20.1. The highest BCUT2D eigenvalue weighted by molar-refractivity contribution is 5.51. The molecule has 0 saturated heterocycles. The molecule has 0 aliphatic heterocycles. The number of benzene rings is 1. The largest absolute Gasteiger partial charge is 0.486 e. The molecule has 2 aromatic rings. The van der Waals surface area contributed by atoms with Gasteiger partial charge in [-0.25, -0.2) is 0 Å². The fourth-order valence-electron chi connectivity index (χ4n) is 1.44. The monoisotopic (exact) mass is 265 g/mol. The van der Waals surface area contributed by atoms with E-state index in [9.17, 15) is 0 Å². The molecule has 0 aliphatic carbocycles. The molecule has 1 aromatic heterocycles. The molecule has 0 fully saturated rings. The third kappa shape index (κ3) is 3.66. The van der Waals surface area contributed by atoms with Crippen LogP contribution < -0.4 is 10.1 Å². The quantitative estimate of drug-likeness (QED) is 0.839. The van der Waals surface area contributed by atoms with E-state index >= 15 is 0 Å². The van der Waals surface area contributed by atoms with E-state index in [1.54, 1.807) is 48.7 Å². The Bertz CT molecular complexity index is 643. The Labute approximate surface area is 116 Å². The predicted molar refractivity (Wildman–Crippen MR) is 72.4 cm³/mol. The molecule has 0 radical (unpaired) electrons. The molecule has 5 nitrogen and oxygen atoms in total. The van der Waals surface area contributed by atoms with Gasteiger partial charge in [0.25, 0.3) is 0 Å². The molecule has 5 heteroatoms. The van der Waals surface area contributed by atoms with E-state index in [4.69, 9.17) is 19.7 Å². The van der Waals surface area contributed by atoms with E-state index < -0.39 is 0 Å². The fraction of sp³-hybridized carbons (Fsp3) is 0.0667. The Morgan fingerprint density at radius 3 is 2.55 bits per heavy atom. The molecular formula is C15H11N3O2. The minimum atomic E-state index is 0.0168. The van der Waals surface area contributed by atoms with Crippen LogP contribution in [-0.2, 0) is 6.61 Å². The molecule has 2 rings (SSSR count). The average molecular weight is 265 g/mol. The van der Waals surface area contributed by atoms with E-state index in [-0.39, 0.29) is 5.57 Å². The lowest BCUT2D eigenvalue weighted by Gasteiger charge is -2.05. The van der Waals surface area contributed by atoms with Crippen LogP contribution in [0, 0.1) is 22.7 Å². The second kappa shape index (κ2) is 6.67. The first-order valence-electron chi connectivity index (χ1n) is 5.84. The SMILES string of the molecule is N#CC(C#N)=CNc1ccc(OCc2ccco2)cc1. The van der Waals surface area contributed by atoms with Crippen molar-refractivity contribution in [3.05, 3.63) is 60.2 Å². The van der Waals surface area contributed by atoms with Crippen LogP contribution in [0.25, 0.3) is 0 Å². The smallest absolute Gasteiger partial charge is 0.146 e. The normalized spacial score (nSPS) is 9.10. The van der Waals surface area contributed by atoms with Crippen molar-refractivity contribution in [1.29, 1.82) is 10.5 Å². The highest BCUT2D eigenvalue weighted by atomic mass is 16.5. The van der Waals surface area contributed by atoms with E-state index in [0.717, 1.165) is 11.4 Å². The van der Waals surface area contributed by atoms with Crippen molar-refractivity contribution in [2.75, 3.05) is 5.32 Å². The predicted octanol–water partition coefficient (Wildman–Crippen LogP) is 3.20. The van der Waals surface area contributed by atoms with Gasteiger partial charge in [-0.1, -0.05) is 0 Å². The molecule has 0 amide bonds. The third-order valence-electron chi connectivity index (χ3n) is 2.44. The molecule has 1 aromatic carbocycles. The molecule has 0 atom stereocenters. The summed E-state index contributed by atoms with van der Waals surface area (Å²) in [6.45, 7) is 0.368. The molecule has 0 unspecified atom stereocenters. The minimum absolute atomic E-state index is 0.0168. The second-order valence-electron chi connectivity index (χ2n) is 3.82. The molecule has 1 N–H and O–H groups in total. The summed E-state index contributed by atoms with van der Waals surface area (Å²) in [6.07, 6.45) is 2.96. The van der Waals surface area contributed by atoms with Crippen LogP contribution >= 0.6 is 0 Å². The van der Waals surface area contributed by atoms with Gasteiger partial charge in [0.15, 0.2) is 0 Å². The standard InChI is InChI=1S/C15H11N3O2/c16-8-12(9-17)10-18-13-3-5-14(6-4-13)20-11-15-2-1-7-19-15/h1-7,10,18H,11H2. The maximum atomic E-state index is 8.60. The number of furan rings is 1. The molecule has 20 heavy (non-hydrogen) atoms. The van der Waals surface area contributed by atoms with Gasteiger partial charge in [0.05, 0.1) is 6.26 Å². The molecule has 1 heterocycles. The van der Waals surface area contributed by atoms with Crippen molar-refractivity contribution in [3.8, 4) is 17.9 Å². The van der Waals surface area contributed by atoms with Crippen molar-refractivity contribution in [2.24, 2.45) is 0 Å². The Kier molecular flexibility index (Phi) is 4.42. The summed E-state index contributed by atoms with van der Waals surface area (Å²) in [6, 6.07) is 14.4. The van der Waals surface area contributed by atoms with Gasteiger partial charge < -0.3 is 14.5 Å². The number of ether oxygens (including phenoxy) is 1. The lowest BCUT2D eigenvalue weighted by atomic mass is 10.3. The Morgan fingerprint density at radius 1 is 1.20 bits per heavy atom. The summed E-state index contributed by atoms with van der Waals surface area (Å²) in [5.74, 6) is 1.46. The number of rotatable bonds is 5. The molecule has 98 valence electrons. The van der Waals surface area contributed by atoms with E-state index in [0.29, 0.717) is 12.4 Å². The van der Waals surface area contributed by atoms with Crippen molar-refractivity contribution < 1.29 is 9.15 Å². The zero-order chi connectivity index (χ0) is 14.2. The first-order chi connectivity index (χ1) is 9.81. The molecular weight excluding hydrogens is 254 g/mol. The van der Waals surface area contributed by atoms with Gasteiger partial charge in [-0.2, -0.15) is 10.5 Å². The van der Waals surface area contributed by atoms with Gasteiger partial charge in [-0.3, -0.25) is 0 Å². The number of anilines is 1. The number of hydrogen-bond donors (Lipinski definition) is 1. The Morgan fingerprint density at radius 2 is 1.95 bits per heavy atom. The Hall–Kier alpha value is -3.18. The van der Waals surface area contributed by atoms with Crippen LogP contribution in [0.3, 0.4) is 0 Å². The highest BCUT2D eigenvalue weighted by Crippen LogP contribution is 2.17. The zero-order valence-electron chi connectivity index (χ0n) is 10.5. The average Bonchev–Trinajstić information content (AvgIpc) is 3.01. The van der Waals surface area contributed by atoms with Gasteiger partial charge in [0.2, 0.25) is 0 Å². The number of nitrogens with one attached hydrogen (secondary N) is 1. The van der Waals surface area contributed by atoms with Crippen molar-refractivity contribution >= 4 is 5.69 Å². The third-order valence-corrected chi connectivity index (χ3v) is 2.44. The van der Waals surface area contributed by atoms with Crippen LogP contribution in [0.15, 0.2) is 58.9 Å². The second-order valence-corrected chi connectivity index (χ2v) is 3.82. The van der Waals surface area contributed by atoms with E-state index in [1.165, 1.54) is 6.20 Å². The van der Waals surface area contributed by atoms with Gasteiger partial charge >= 0.3 is 0 Å². The van der Waals surface area contributed by atoms with E-state index in [1.807, 2.05) is 6.07 Å². The van der Waals surface area contributed by atoms with Crippen molar-refractivity contribution in [1.82, 2.24) is 0 Å². The lowest BCUT2D eigenvalue weighted by Crippen LogP contribution is -1.94. The molecule has 0 saturated carbocycles. The van der Waals surface area contributed by atoms with E-state index in [2.05, 4.69) is 5.32 Å². The number of nitriles is 2. The summed E-state index contributed by atoms with van der Waals surface area (Å²) < 4.78 is 10.7. The van der Waals surface area contributed by atoms with Crippen molar-refractivity contribution in [2.45, 2.75) is 6.61 Å². The first kappa shape index (κ1) is 13.3. The fourth-order valence-corrected chi connectivity index (χ4v) is 1.44. The van der Waals surface area contributed by atoms with Crippen LogP contribution in [0.1, 0.15) is 5.76 Å². The lowest BCUT2D eigenvalue weighted by molar-refractivity contribution is 0.270. The maximum Gasteiger partial charge on any atom is 0.146 e. The topological polar surface area (TPSA) is 82.0 Å². The maximum absolute atomic E-state index is 8.60. The van der Waals surface area contributed by atoms with Crippen LogP contribution in [0.2, 0.25) is 0 Å². The van der Waals surface area contributed by atoms with Gasteiger partial charge in [-0.15, -0.1) is 0 Å². The van der Waals surface area contributed by atoms with Crippen LogP contribution in [0.5, 0.6) is 5.75 Å². The molecule has 0 bridgehead atoms. The van der Waals surface area contributed by atoms with Crippen LogP contribution in [0.4, 0.5) is 5.69 Å². The minimum Gasteiger partial charge on any atom is -0.486 e. The van der Waals surface area contributed by atoms with Crippen molar-refractivity contribution in [3.63, 3.8) is 0 Å². The van der Waals surface area contributed by atoms with Crippen LogP contribution in [-0.4, -0.2) is 0 Å². The first-order valence-corrected chi connectivity index (χ1v) is 5.84. The number of allylic oxidation sites excluding steroid dienone is 1.